The number of benzene rings is 1. The van der Waals surface area contributed by atoms with E-state index in [1.165, 1.54) is 0 Å². The third-order valence-corrected chi connectivity index (χ3v) is 4.10. The lowest BCUT2D eigenvalue weighted by molar-refractivity contribution is -0.306. The minimum Gasteiger partial charge on any atom is -0.550 e. The summed E-state index contributed by atoms with van der Waals surface area (Å²) in [5.41, 5.74) is 0.662. The highest BCUT2D eigenvalue weighted by atomic mass is 127. The first-order chi connectivity index (χ1) is 8.40. The van der Waals surface area contributed by atoms with Crippen LogP contribution in [-0.2, 0) is 9.53 Å². The van der Waals surface area contributed by atoms with Gasteiger partial charge in [-0.15, -0.1) is 0 Å². The lowest BCUT2D eigenvalue weighted by atomic mass is 10.3. The van der Waals surface area contributed by atoms with E-state index in [4.69, 9.17) is 4.74 Å². The van der Waals surface area contributed by atoms with Crippen LogP contribution < -0.4 is 10.4 Å². The summed E-state index contributed by atoms with van der Waals surface area (Å²) in [6.07, 6.45) is -0.984. The number of anilines is 1. The molecule has 0 atom stereocenters. The van der Waals surface area contributed by atoms with Crippen molar-refractivity contribution in [2.75, 3.05) is 11.9 Å². The third kappa shape index (κ3) is 5.42. The van der Waals surface area contributed by atoms with Gasteiger partial charge in [0.15, 0.2) is 0 Å². The number of ether oxygens (including phenoxy) is 1. The topological polar surface area (TPSA) is 78.5 Å². The van der Waals surface area contributed by atoms with Crippen molar-refractivity contribution in [3.63, 3.8) is 0 Å². The number of halogens is 3. The van der Waals surface area contributed by atoms with Crippen LogP contribution in [0.15, 0.2) is 12.1 Å². The zero-order chi connectivity index (χ0) is 13.7. The predicted molar refractivity (Wildman–Crippen MR) is 89.2 cm³/mol. The molecule has 0 heterocycles. The Morgan fingerprint density at radius 2 is 1.78 bits per heavy atom. The molecular formula is C10H7I3NO4-. The first kappa shape index (κ1) is 16.2. The molecule has 0 bridgehead atoms. The van der Waals surface area contributed by atoms with Gasteiger partial charge in [-0.25, -0.2) is 4.79 Å². The summed E-state index contributed by atoms with van der Waals surface area (Å²) in [7, 11) is 0. The summed E-state index contributed by atoms with van der Waals surface area (Å²) in [5, 5.41) is 12.7. The van der Waals surface area contributed by atoms with Gasteiger partial charge in [0.1, 0.15) is 0 Å². The van der Waals surface area contributed by atoms with E-state index in [0.717, 1.165) is 10.7 Å². The first-order valence-electron chi connectivity index (χ1n) is 4.68. The van der Waals surface area contributed by atoms with E-state index in [-0.39, 0.29) is 13.0 Å². The molecule has 0 fully saturated rings. The van der Waals surface area contributed by atoms with Crippen molar-refractivity contribution in [3.8, 4) is 0 Å². The van der Waals surface area contributed by atoms with Crippen molar-refractivity contribution in [2.45, 2.75) is 6.42 Å². The highest BCUT2D eigenvalue weighted by Crippen LogP contribution is 2.27. The Balaban J connectivity index is 2.62. The van der Waals surface area contributed by atoms with E-state index in [1.54, 1.807) is 0 Å². The van der Waals surface area contributed by atoms with E-state index in [2.05, 4.69) is 73.1 Å². The Morgan fingerprint density at radius 3 is 2.28 bits per heavy atom. The number of aliphatic carboxylic acids is 1. The maximum absolute atomic E-state index is 11.4. The van der Waals surface area contributed by atoms with Crippen LogP contribution in [0.2, 0.25) is 0 Å². The van der Waals surface area contributed by atoms with Gasteiger partial charge in [-0.1, -0.05) is 0 Å². The van der Waals surface area contributed by atoms with Gasteiger partial charge >= 0.3 is 6.09 Å². The number of nitrogens with one attached hydrogen (secondary N) is 1. The molecule has 0 saturated heterocycles. The molecule has 1 rings (SSSR count). The van der Waals surface area contributed by atoms with Crippen LogP contribution in [0.3, 0.4) is 0 Å². The monoisotopic (exact) mass is 586 g/mol. The average Bonchev–Trinajstić information content (AvgIpc) is 2.22. The number of carbonyl (C=O) groups is 2. The van der Waals surface area contributed by atoms with Crippen molar-refractivity contribution in [1.29, 1.82) is 0 Å². The molecule has 5 nitrogen and oxygen atoms in total. The van der Waals surface area contributed by atoms with E-state index in [1.807, 2.05) is 12.1 Å². The molecule has 0 aliphatic heterocycles. The van der Waals surface area contributed by atoms with Crippen LogP contribution in [0.5, 0.6) is 0 Å². The molecule has 0 aliphatic carbocycles. The summed E-state index contributed by atoms with van der Waals surface area (Å²) in [6, 6.07) is 3.83. The average molecular weight is 586 g/mol. The zero-order valence-corrected chi connectivity index (χ0v) is 15.3. The summed E-state index contributed by atoms with van der Waals surface area (Å²) < 4.78 is 7.56. The van der Waals surface area contributed by atoms with E-state index in [9.17, 15) is 14.7 Å². The molecular weight excluding hydrogens is 579 g/mol. The summed E-state index contributed by atoms with van der Waals surface area (Å²) in [5.74, 6) is -1.25. The number of hydrogen-bond acceptors (Lipinski definition) is 4. The summed E-state index contributed by atoms with van der Waals surface area (Å²) in [4.78, 5) is 21.6. The number of rotatable bonds is 4. The van der Waals surface area contributed by atoms with Crippen molar-refractivity contribution < 1.29 is 19.4 Å². The molecule has 1 amide bonds. The molecule has 0 unspecified atom stereocenters. The minimum absolute atomic E-state index is 0.203. The zero-order valence-electron chi connectivity index (χ0n) is 8.84. The second-order valence-electron chi connectivity index (χ2n) is 3.13. The molecule has 0 aliphatic rings. The largest absolute Gasteiger partial charge is 0.550 e. The van der Waals surface area contributed by atoms with Crippen LogP contribution in [0.1, 0.15) is 6.42 Å². The van der Waals surface area contributed by atoms with Crippen LogP contribution in [0.25, 0.3) is 0 Å². The van der Waals surface area contributed by atoms with Crippen LogP contribution in [0.4, 0.5) is 10.5 Å². The van der Waals surface area contributed by atoms with Crippen LogP contribution >= 0.6 is 67.8 Å². The van der Waals surface area contributed by atoms with Gasteiger partial charge in [0, 0.05) is 23.1 Å². The molecule has 0 saturated carbocycles. The molecule has 1 N–H and O–H groups in total. The molecule has 1 aromatic carbocycles. The lowest BCUT2D eigenvalue weighted by Gasteiger charge is -2.11. The Kier molecular flexibility index (Phi) is 6.90. The standard InChI is InChI=1S/C10H8I3NO4/c11-5-3-6(12)9(7(13)4-5)14-10(17)18-2-1-8(15)16/h3-4H,1-2H2,(H,14,17)(H,15,16)/p-1. The fraction of sp³-hybridized carbons (Fsp3) is 0.200. The highest BCUT2D eigenvalue weighted by Gasteiger charge is 2.11. The highest BCUT2D eigenvalue weighted by molar-refractivity contribution is 14.1. The van der Waals surface area contributed by atoms with Crippen LogP contribution in [-0.4, -0.2) is 18.7 Å². The molecule has 0 aromatic heterocycles. The minimum atomic E-state index is -1.25. The van der Waals surface area contributed by atoms with E-state index in [0.29, 0.717) is 5.69 Å². The number of amides is 1. The Morgan fingerprint density at radius 1 is 1.22 bits per heavy atom. The fourth-order valence-electron chi connectivity index (χ4n) is 1.03. The molecule has 1 aromatic rings. The Hall–Kier alpha value is 0.150. The van der Waals surface area contributed by atoms with Crippen molar-refractivity contribution in [1.82, 2.24) is 0 Å². The van der Waals surface area contributed by atoms with Gasteiger partial charge < -0.3 is 14.6 Å². The van der Waals surface area contributed by atoms with Crippen molar-refractivity contribution in [2.24, 2.45) is 0 Å². The number of carboxylic acid groups (broad SMARTS) is 1. The Bertz CT molecular complexity index is 455. The van der Waals surface area contributed by atoms with Crippen LogP contribution in [0, 0.1) is 10.7 Å². The lowest BCUT2D eigenvalue weighted by Crippen LogP contribution is -2.25. The second kappa shape index (κ2) is 7.67. The maximum atomic E-state index is 11.4. The van der Waals surface area contributed by atoms with E-state index < -0.39 is 12.1 Å². The van der Waals surface area contributed by atoms with Gasteiger partial charge in [0.2, 0.25) is 0 Å². The molecule has 0 radical (unpaired) electrons. The number of hydrogen-bond donors (Lipinski definition) is 1. The van der Waals surface area contributed by atoms with Gasteiger partial charge in [-0.05, 0) is 79.9 Å². The van der Waals surface area contributed by atoms with Gasteiger partial charge in [-0.2, -0.15) is 0 Å². The molecule has 18 heavy (non-hydrogen) atoms. The molecule has 0 spiro atoms. The normalized spacial score (nSPS) is 9.94. The molecule has 98 valence electrons. The fourth-order valence-corrected chi connectivity index (χ4v) is 4.88. The van der Waals surface area contributed by atoms with Crippen molar-refractivity contribution in [3.05, 3.63) is 22.8 Å². The van der Waals surface area contributed by atoms with Gasteiger partial charge in [-0.3, -0.25) is 5.32 Å². The van der Waals surface area contributed by atoms with Gasteiger partial charge in [0.05, 0.1) is 12.3 Å². The van der Waals surface area contributed by atoms with Gasteiger partial charge in [0.25, 0.3) is 0 Å². The smallest absolute Gasteiger partial charge is 0.411 e. The molecule has 8 heteroatoms. The Labute approximate surface area is 144 Å². The summed E-state index contributed by atoms with van der Waals surface area (Å²) >= 11 is 6.40. The number of carbonyl (C=O) groups excluding carboxylic acids is 2. The maximum Gasteiger partial charge on any atom is 0.411 e. The predicted octanol–water partition coefficient (Wildman–Crippen LogP) is 2.19. The quantitative estimate of drug-likeness (QED) is 0.550. The summed E-state index contributed by atoms with van der Waals surface area (Å²) in [6.45, 7) is -0.203. The first-order valence-corrected chi connectivity index (χ1v) is 7.92. The third-order valence-electron chi connectivity index (χ3n) is 1.77. The second-order valence-corrected chi connectivity index (χ2v) is 6.70. The number of carboxylic acids is 1. The van der Waals surface area contributed by atoms with E-state index >= 15 is 0 Å². The van der Waals surface area contributed by atoms with Crippen molar-refractivity contribution >= 4 is 85.5 Å². The SMILES string of the molecule is O=C([O-])CCOC(=O)Nc1c(I)cc(I)cc1I.